The maximum atomic E-state index is 10.8. The van der Waals surface area contributed by atoms with Crippen molar-refractivity contribution < 1.29 is 29.3 Å². The molecule has 0 aromatic heterocycles. The number of methoxy groups -OCH3 is 1. The molecule has 2 N–H and O–H groups in total. The Morgan fingerprint density at radius 2 is 2.24 bits per heavy atom. The quantitative estimate of drug-likeness (QED) is 0.677. The lowest BCUT2D eigenvalue weighted by atomic mass is 9.85. The highest BCUT2D eigenvalue weighted by Gasteiger charge is 2.50. The number of ether oxygens (including phenoxy) is 2. The molecule has 0 aromatic carbocycles. The highest BCUT2D eigenvalue weighted by atomic mass is 16.7. The Morgan fingerprint density at radius 3 is 2.65 bits per heavy atom. The van der Waals surface area contributed by atoms with Crippen LogP contribution in [-0.2, 0) is 19.1 Å². The smallest absolute Gasteiger partial charge is 0.338 e. The van der Waals surface area contributed by atoms with E-state index in [1.807, 2.05) is 0 Å². The number of carbonyl (C=O) groups is 1. The molecule has 1 rings (SSSR count). The van der Waals surface area contributed by atoms with Gasteiger partial charge < -0.3 is 19.7 Å². The van der Waals surface area contributed by atoms with Gasteiger partial charge in [-0.05, 0) is 6.92 Å². The van der Waals surface area contributed by atoms with Crippen molar-refractivity contribution in [1.29, 1.82) is 0 Å². The second-order valence-corrected chi connectivity index (χ2v) is 4.17. The second-order valence-electron chi connectivity index (χ2n) is 4.17. The van der Waals surface area contributed by atoms with Gasteiger partial charge in [-0.15, -0.1) is 0 Å². The number of aliphatic hydroxyl groups is 1. The average molecular weight is 244 g/mol. The van der Waals surface area contributed by atoms with Crippen molar-refractivity contribution in [2.45, 2.75) is 38.3 Å². The fraction of sp³-hybridized carbons (Fsp3) is 0.727. The normalized spacial score (nSPS) is 35.2. The Morgan fingerprint density at radius 1 is 1.65 bits per heavy atom. The van der Waals surface area contributed by atoms with Gasteiger partial charge in [-0.3, -0.25) is 0 Å². The van der Waals surface area contributed by atoms with Gasteiger partial charge in [0.15, 0.2) is 0 Å². The molecule has 6 nitrogen and oxygen atoms in total. The number of rotatable bonds is 3. The molecule has 4 unspecified atom stereocenters. The summed E-state index contributed by atoms with van der Waals surface area (Å²) in [4.78, 5) is 21.6. The van der Waals surface area contributed by atoms with Crippen LogP contribution in [0.1, 0.15) is 20.3 Å². The molecule has 0 aliphatic carbocycles. The van der Waals surface area contributed by atoms with E-state index in [2.05, 4.69) is 0 Å². The molecule has 1 saturated heterocycles. The van der Waals surface area contributed by atoms with E-state index in [1.54, 1.807) is 19.8 Å². The maximum absolute atomic E-state index is 10.8. The van der Waals surface area contributed by atoms with Crippen LogP contribution < -0.4 is 0 Å². The third-order valence-electron chi connectivity index (χ3n) is 3.20. The summed E-state index contributed by atoms with van der Waals surface area (Å²) in [5.74, 6) is -1.59. The van der Waals surface area contributed by atoms with Gasteiger partial charge in [-0.1, -0.05) is 6.92 Å². The van der Waals surface area contributed by atoms with Crippen molar-refractivity contribution >= 4 is 11.9 Å². The van der Waals surface area contributed by atoms with E-state index in [9.17, 15) is 14.7 Å². The zero-order valence-electron chi connectivity index (χ0n) is 9.97. The molecule has 0 amide bonds. The summed E-state index contributed by atoms with van der Waals surface area (Å²) in [5.41, 5.74) is 0.353. The summed E-state index contributed by atoms with van der Waals surface area (Å²) in [7, 11) is 1.23. The molecule has 0 radical (unpaired) electrons. The van der Waals surface area contributed by atoms with Gasteiger partial charge >= 0.3 is 5.97 Å². The fourth-order valence-electron chi connectivity index (χ4n) is 1.88. The predicted octanol–water partition coefficient (Wildman–Crippen LogP) is -0.0225. The van der Waals surface area contributed by atoms with Crippen LogP contribution in [0.15, 0.2) is 5.57 Å². The fourth-order valence-corrected chi connectivity index (χ4v) is 1.88. The van der Waals surface area contributed by atoms with Crippen LogP contribution in [0.3, 0.4) is 0 Å². The van der Waals surface area contributed by atoms with Crippen LogP contribution in [0.5, 0.6) is 0 Å². The molecule has 1 aliphatic heterocycles. The molecule has 1 heterocycles. The molecule has 96 valence electrons. The molecular formula is C11H16O6. The average Bonchev–Trinajstić information content (AvgIpc) is 2.31. The van der Waals surface area contributed by atoms with E-state index < -0.39 is 24.0 Å². The molecule has 17 heavy (non-hydrogen) atoms. The van der Waals surface area contributed by atoms with E-state index in [0.29, 0.717) is 5.57 Å². The monoisotopic (exact) mass is 244 g/mol. The number of aliphatic carboxylic acids is 1. The summed E-state index contributed by atoms with van der Waals surface area (Å²) < 4.78 is 10.4. The van der Waals surface area contributed by atoms with Gasteiger partial charge in [0.2, 0.25) is 11.9 Å². The minimum absolute atomic E-state index is 0.105. The van der Waals surface area contributed by atoms with Gasteiger partial charge in [0.25, 0.3) is 0 Å². The third kappa shape index (κ3) is 2.40. The molecule has 1 aliphatic rings. The highest BCUT2D eigenvalue weighted by Crippen LogP contribution is 2.37. The van der Waals surface area contributed by atoms with Crippen LogP contribution in [0.2, 0.25) is 0 Å². The molecule has 0 saturated carbocycles. The lowest BCUT2D eigenvalue weighted by Crippen LogP contribution is -2.56. The number of aliphatic hydroxyl groups excluding tert-OH is 1. The van der Waals surface area contributed by atoms with Crippen molar-refractivity contribution in [2.75, 3.05) is 7.11 Å². The number of carboxylic acid groups (broad SMARTS) is 1. The van der Waals surface area contributed by atoms with Crippen LogP contribution in [0, 0.1) is 5.92 Å². The first kappa shape index (κ1) is 13.9. The Labute approximate surface area is 98.8 Å². The zero-order valence-corrected chi connectivity index (χ0v) is 9.97. The molecule has 1 fully saturated rings. The SMILES string of the molecule is COC1(C(O)C(=O)O)CC(=C=O)C(C)C(C)O1. The molecule has 0 bridgehead atoms. The maximum Gasteiger partial charge on any atom is 0.338 e. The predicted molar refractivity (Wildman–Crippen MR) is 56.9 cm³/mol. The van der Waals surface area contributed by atoms with E-state index in [-0.39, 0.29) is 12.3 Å². The number of hydrogen-bond acceptors (Lipinski definition) is 5. The molecule has 6 heteroatoms. The van der Waals surface area contributed by atoms with E-state index >= 15 is 0 Å². The lowest BCUT2D eigenvalue weighted by Gasteiger charge is -2.43. The number of carboxylic acids is 1. The topological polar surface area (TPSA) is 93.1 Å². The highest BCUT2D eigenvalue weighted by molar-refractivity contribution is 5.73. The van der Waals surface area contributed by atoms with Crippen LogP contribution >= 0.6 is 0 Å². The summed E-state index contributed by atoms with van der Waals surface area (Å²) in [6.07, 6.45) is -2.40. The van der Waals surface area contributed by atoms with Crippen LogP contribution in [0.25, 0.3) is 0 Å². The van der Waals surface area contributed by atoms with Crippen LogP contribution in [-0.4, -0.2) is 47.2 Å². The van der Waals surface area contributed by atoms with Crippen molar-refractivity contribution in [2.24, 2.45) is 5.92 Å². The van der Waals surface area contributed by atoms with Gasteiger partial charge in [0, 0.05) is 25.0 Å². The van der Waals surface area contributed by atoms with Crippen molar-refractivity contribution in [1.82, 2.24) is 0 Å². The van der Waals surface area contributed by atoms with Crippen molar-refractivity contribution in [3.05, 3.63) is 5.57 Å². The van der Waals surface area contributed by atoms with Crippen LogP contribution in [0.4, 0.5) is 0 Å². The minimum Gasteiger partial charge on any atom is -0.479 e. The second kappa shape index (κ2) is 4.98. The minimum atomic E-state index is -1.86. The Hall–Kier alpha value is -1.20. The zero-order chi connectivity index (χ0) is 13.2. The standard InChI is InChI=1S/C11H16O6/c1-6-7(2)17-11(16-3,4-8(6)5-12)9(13)10(14)15/h6-7,9,13H,4H2,1-3H3,(H,14,15). The van der Waals surface area contributed by atoms with Gasteiger partial charge in [-0.2, -0.15) is 0 Å². The lowest BCUT2D eigenvalue weighted by molar-refractivity contribution is -0.300. The van der Waals surface area contributed by atoms with Gasteiger partial charge in [-0.25, -0.2) is 9.59 Å². The number of carbonyl (C=O) groups excluding carboxylic acids is 1. The van der Waals surface area contributed by atoms with E-state index in [0.717, 1.165) is 0 Å². The molecule has 0 spiro atoms. The van der Waals surface area contributed by atoms with Gasteiger partial charge in [0.05, 0.1) is 6.10 Å². The summed E-state index contributed by atoms with van der Waals surface area (Å²) in [5, 5.41) is 18.5. The van der Waals surface area contributed by atoms with Gasteiger partial charge in [0.1, 0.15) is 5.94 Å². The van der Waals surface area contributed by atoms with Crippen molar-refractivity contribution in [3.63, 3.8) is 0 Å². The Balaban J connectivity index is 3.10. The van der Waals surface area contributed by atoms with Crippen molar-refractivity contribution in [3.8, 4) is 0 Å². The molecule has 0 aromatic rings. The number of hydrogen-bond donors (Lipinski definition) is 2. The van der Waals surface area contributed by atoms with E-state index in [4.69, 9.17) is 14.6 Å². The first-order valence-corrected chi connectivity index (χ1v) is 5.25. The largest absolute Gasteiger partial charge is 0.479 e. The van der Waals surface area contributed by atoms with E-state index in [1.165, 1.54) is 7.11 Å². The Bertz CT molecular complexity index is 359. The summed E-state index contributed by atoms with van der Waals surface area (Å²) in [6, 6.07) is 0. The first-order valence-electron chi connectivity index (χ1n) is 5.25. The molecule has 4 atom stereocenters. The molecular weight excluding hydrogens is 228 g/mol. The first-order chi connectivity index (χ1) is 7.88. The third-order valence-corrected chi connectivity index (χ3v) is 3.20. The summed E-state index contributed by atoms with van der Waals surface area (Å²) in [6.45, 7) is 3.46. The summed E-state index contributed by atoms with van der Waals surface area (Å²) >= 11 is 0. The Kier molecular flexibility index (Phi) is 4.06.